The van der Waals surface area contributed by atoms with Crippen LogP contribution in [0.5, 0.6) is 0 Å². The summed E-state index contributed by atoms with van der Waals surface area (Å²) in [4.78, 5) is 2.37. The Balaban J connectivity index is 0.00000280. The summed E-state index contributed by atoms with van der Waals surface area (Å²) < 4.78 is 1.97. The van der Waals surface area contributed by atoms with Crippen LogP contribution >= 0.6 is 0 Å². The van der Waals surface area contributed by atoms with Crippen LogP contribution in [-0.2, 0) is 13.1 Å². The van der Waals surface area contributed by atoms with Crippen molar-refractivity contribution in [2.75, 3.05) is 18.1 Å². The highest BCUT2D eigenvalue weighted by Gasteiger charge is 2.05. The van der Waals surface area contributed by atoms with Gasteiger partial charge < -0.3 is 22.4 Å². The topological polar surface area (TPSA) is 27.4 Å². The zero-order valence-corrected chi connectivity index (χ0v) is 17.0. The lowest BCUT2D eigenvalue weighted by molar-refractivity contribution is -0.698. The van der Waals surface area contributed by atoms with Gasteiger partial charge in [0, 0.05) is 30.9 Å². The molecular formula is C24H27ClN2O. The summed E-state index contributed by atoms with van der Waals surface area (Å²) in [5, 5.41) is 8.96. The van der Waals surface area contributed by atoms with E-state index in [1.54, 1.807) is 0 Å². The maximum absolute atomic E-state index is 8.96. The first-order valence-electron chi connectivity index (χ1n) is 9.45. The average Bonchev–Trinajstić information content (AvgIpc) is 2.73. The molecule has 3 nitrogen and oxygen atoms in total. The minimum absolute atomic E-state index is 0. The Morgan fingerprint density at radius 2 is 1.46 bits per heavy atom. The molecule has 0 spiro atoms. The molecule has 0 atom stereocenters. The van der Waals surface area contributed by atoms with Crippen LogP contribution in [0.4, 0.5) is 5.69 Å². The second-order valence-electron chi connectivity index (χ2n) is 6.52. The summed E-state index contributed by atoms with van der Waals surface area (Å²) in [5.74, 6) is 0. The largest absolute Gasteiger partial charge is 1.00 e. The van der Waals surface area contributed by atoms with Gasteiger partial charge in [-0.25, -0.2) is 4.57 Å². The lowest BCUT2D eigenvalue weighted by Gasteiger charge is -2.23. The number of aliphatic hydroxyl groups is 1. The van der Waals surface area contributed by atoms with Crippen LogP contribution in [0, 0.1) is 0 Å². The molecule has 28 heavy (non-hydrogen) atoms. The molecule has 1 N–H and O–H groups in total. The van der Waals surface area contributed by atoms with Gasteiger partial charge in [0.2, 0.25) is 0 Å². The third-order valence-corrected chi connectivity index (χ3v) is 4.60. The minimum Gasteiger partial charge on any atom is -1.00 e. The molecule has 0 bridgehead atoms. The van der Waals surface area contributed by atoms with E-state index >= 15 is 0 Å². The lowest BCUT2D eigenvalue weighted by Crippen LogP contribution is -3.00. The maximum Gasteiger partial charge on any atom is 0.171 e. The van der Waals surface area contributed by atoms with E-state index in [1.807, 2.05) is 17.0 Å². The standard InChI is InChI=1S/C24H27N2O.ClH/c1-2-26(20-23-6-4-3-5-7-23)24-12-10-21(11-13-24)8-9-22-14-16-25(17-15-22)18-19-27;/h3-17,27H,2,18-20H2,1H3;1H/q+1;/p-1. The third kappa shape index (κ3) is 6.22. The molecular weight excluding hydrogens is 368 g/mol. The number of hydrogen-bond acceptors (Lipinski definition) is 2. The molecule has 0 saturated heterocycles. The fourth-order valence-corrected chi connectivity index (χ4v) is 3.02. The van der Waals surface area contributed by atoms with Crippen LogP contribution in [0.3, 0.4) is 0 Å². The maximum atomic E-state index is 8.96. The van der Waals surface area contributed by atoms with Gasteiger partial charge in [-0.3, -0.25) is 0 Å². The van der Waals surface area contributed by atoms with Gasteiger partial charge in [-0.15, -0.1) is 0 Å². The Morgan fingerprint density at radius 3 is 2.04 bits per heavy atom. The van der Waals surface area contributed by atoms with Gasteiger partial charge in [0.25, 0.3) is 0 Å². The van der Waals surface area contributed by atoms with Crippen molar-refractivity contribution in [3.63, 3.8) is 0 Å². The number of nitrogens with zero attached hydrogens (tertiary/aromatic N) is 2. The Labute approximate surface area is 174 Å². The summed E-state index contributed by atoms with van der Waals surface area (Å²) in [5.41, 5.74) is 4.89. The van der Waals surface area contributed by atoms with Gasteiger partial charge >= 0.3 is 0 Å². The van der Waals surface area contributed by atoms with Gasteiger partial charge in [0.05, 0.1) is 0 Å². The monoisotopic (exact) mass is 394 g/mol. The van der Waals surface area contributed by atoms with Gasteiger partial charge in [-0.1, -0.05) is 54.6 Å². The number of benzene rings is 2. The Kier molecular flexibility index (Phi) is 8.73. The molecule has 0 saturated carbocycles. The summed E-state index contributed by atoms with van der Waals surface area (Å²) in [6.45, 7) is 4.87. The predicted molar refractivity (Wildman–Crippen MR) is 112 cm³/mol. The second-order valence-corrected chi connectivity index (χ2v) is 6.52. The highest BCUT2D eigenvalue weighted by Crippen LogP contribution is 2.19. The molecule has 0 fully saturated rings. The SMILES string of the molecule is CCN(Cc1ccccc1)c1ccc(C=Cc2cc[n+](CCO)cc2)cc1.[Cl-]. The number of anilines is 1. The van der Waals surface area contributed by atoms with E-state index in [9.17, 15) is 0 Å². The molecule has 1 aromatic heterocycles. The van der Waals surface area contributed by atoms with E-state index in [0.717, 1.165) is 18.7 Å². The van der Waals surface area contributed by atoms with Crippen molar-refractivity contribution in [3.8, 4) is 0 Å². The molecule has 0 radical (unpaired) electrons. The van der Waals surface area contributed by atoms with E-state index in [0.29, 0.717) is 6.54 Å². The Morgan fingerprint density at radius 1 is 0.857 bits per heavy atom. The summed E-state index contributed by atoms with van der Waals surface area (Å²) in [6.07, 6.45) is 8.21. The molecule has 0 unspecified atom stereocenters. The van der Waals surface area contributed by atoms with Crippen LogP contribution in [0.25, 0.3) is 12.2 Å². The fraction of sp³-hybridized carbons (Fsp3) is 0.208. The highest BCUT2D eigenvalue weighted by atomic mass is 35.5. The third-order valence-electron chi connectivity index (χ3n) is 4.60. The van der Waals surface area contributed by atoms with Crippen LogP contribution in [0.15, 0.2) is 79.1 Å². The molecule has 146 valence electrons. The number of halogens is 1. The van der Waals surface area contributed by atoms with E-state index in [2.05, 4.69) is 90.7 Å². The van der Waals surface area contributed by atoms with Crippen molar-refractivity contribution in [2.45, 2.75) is 20.0 Å². The van der Waals surface area contributed by atoms with E-state index in [4.69, 9.17) is 5.11 Å². The molecule has 3 rings (SSSR count). The fourth-order valence-electron chi connectivity index (χ4n) is 3.02. The van der Waals surface area contributed by atoms with Crippen molar-refractivity contribution in [1.82, 2.24) is 0 Å². The molecule has 4 heteroatoms. The van der Waals surface area contributed by atoms with Crippen molar-refractivity contribution < 1.29 is 22.1 Å². The van der Waals surface area contributed by atoms with Gasteiger partial charge in [0.1, 0.15) is 6.61 Å². The number of hydrogen-bond donors (Lipinski definition) is 1. The molecule has 0 aliphatic heterocycles. The zero-order chi connectivity index (χ0) is 18.9. The van der Waals surface area contributed by atoms with Crippen LogP contribution in [-0.4, -0.2) is 18.3 Å². The quantitative estimate of drug-likeness (QED) is 0.581. The molecule has 3 aromatic rings. The summed E-state index contributed by atoms with van der Waals surface area (Å²) in [6, 6.07) is 23.4. The van der Waals surface area contributed by atoms with E-state index in [-0.39, 0.29) is 19.0 Å². The van der Waals surface area contributed by atoms with E-state index in [1.165, 1.54) is 16.8 Å². The Bertz CT molecular complexity index is 846. The lowest BCUT2D eigenvalue weighted by atomic mass is 10.1. The first-order valence-corrected chi connectivity index (χ1v) is 9.45. The number of pyridine rings is 1. The van der Waals surface area contributed by atoms with Crippen LogP contribution in [0.1, 0.15) is 23.6 Å². The summed E-state index contributed by atoms with van der Waals surface area (Å²) >= 11 is 0. The number of aliphatic hydroxyl groups excluding tert-OH is 1. The summed E-state index contributed by atoms with van der Waals surface area (Å²) in [7, 11) is 0. The van der Waals surface area contributed by atoms with E-state index < -0.39 is 0 Å². The molecule has 2 aromatic carbocycles. The van der Waals surface area contributed by atoms with Crippen LogP contribution < -0.4 is 21.9 Å². The molecule has 0 aliphatic rings. The molecule has 0 amide bonds. The van der Waals surface area contributed by atoms with Crippen molar-refractivity contribution in [2.24, 2.45) is 0 Å². The van der Waals surface area contributed by atoms with Gasteiger partial charge in [-0.2, -0.15) is 0 Å². The Hall–Kier alpha value is -2.62. The van der Waals surface area contributed by atoms with Crippen molar-refractivity contribution >= 4 is 17.8 Å². The first kappa shape index (κ1) is 21.7. The normalized spacial score (nSPS) is 10.6. The number of rotatable bonds is 8. The van der Waals surface area contributed by atoms with Crippen molar-refractivity contribution in [3.05, 3.63) is 95.8 Å². The van der Waals surface area contributed by atoms with Gasteiger partial charge in [0.15, 0.2) is 18.9 Å². The molecule has 0 aliphatic carbocycles. The zero-order valence-electron chi connectivity index (χ0n) is 16.2. The predicted octanol–water partition coefficient (Wildman–Crippen LogP) is 1.17. The van der Waals surface area contributed by atoms with Crippen LogP contribution in [0.2, 0.25) is 0 Å². The average molecular weight is 395 g/mol. The minimum atomic E-state index is 0. The highest BCUT2D eigenvalue weighted by molar-refractivity contribution is 5.70. The number of aromatic nitrogens is 1. The molecule has 1 heterocycles. The van der Waals surface area contributed by atoms with Crippen molar-refractivity contribution in [1.29, 1.82) is 0 Å². The second kappa shape index (κ2) is 11.3. The first-order chi connectivity index (χ1) is 13.3. The smallest absolute Gasteiger partial charge is 0.171 e. The van der Waals surface area contributed by atoms with Gasteiger partial charge in [-0.05, 0) is 35.7 Å².